The van der Waals surface area contributed by atoms with Crippen LogP contribution in [0, 0.1) is 11.8 Å². The normalized spacial score (nSPS) is 43.2. The summed E-state index contributed by atoms with van der Waals surface area (Å²) in [7, 11) is 2.31. The molecule has 1 heteroatoms. The Morgan fingerprint density at radius 2 is 1.38 bits per heavy atom. The van der Waals surface area contributed by atoms with Gasteiger partial charge in [-0.15, -0.1) is 0 Å². The van der Waals surface area contributed by atoms with E-state index in [1.54, 1.807) is 12.8 Å². The number of fused-ring (bicyclic) bond motifs is 2. The Labute approximate surface area is 82.5 Å². The van der Waals surface area contributed by atoms with Crippen LogP contribution in [-0.4, -0.2) is 24.0 Å². The summed E-state index contributed by atoms with van der Waals surface area (Å²) >= 11 is 0. The number of piperidine rings is 1. The van der Waals surface area contributed by atoms with Crippen molar-refractivity contribution in [2.75, 3.05) is 7.05 Å². The van der Waals surface area contributed by atoms with E-state index in [1.807, 2.05) is 13.8 Å². The highest BCUT2D eigenvalue weighted by Gasteiger charge is 2.46. The average molecular weight is 181 g/mol. The molecule has 0 aromatic carbocycles. The summed E-state index contributed by atoms with van der Waals surface area (Å²) in [6, 6.07) is 1.97. The molecule has 0 spiro atoms. The summed E-state index contributed by atoms with van der Waals surface area (Å²) in [4.78, 5) is 2.60. The third-order valence-electron chi connectivity index (χ3n) is 4.13. The van der Waals surface area contributed by atoms with Gasteiger partial charge in [-0.05, 0) is 51.0 Å². The number of nitrogens with zero attached hydrogens (tertiary/aromatic N) is 1. The molecule has 1 nitrogen and oxygen atoms in total. The van der Waals surface area contributed by atoms with Crippen molar-refractivity contribution in [3.63, 3.8) is 0 Å². The van der Waals surface area contributed by atoms with Gasteiger partial charge in [0.15, 0.2) is 0 Å². The molecule has 4 rings (SSSR count). The number of hydrogen-bond donors (Lipinski definition) is 0. The average Bonchev–Trinajstić information content (AvgIpc) is 3.04. The summed E-state index contributed by atoms with van der Waals surface area (Å²) in [5.41, 5.74) is 0. The molecule has 2 heterocycles. The van der Waals surface area contributed by atoms with Gasteiger partial charge in [0, 0.05) is 12.1 Å². The highest BCUT2D eigenvalue weighted by molar-refractivity contribution is 5.01. The number of hydrogen-bond acceptors (Lipinski definition) is 1. The minimum Gasteiger partial charge on any atom is -0.300 e. The SMILES string of the molecule is CC.CN1C2CC(C3CC3)CC1C2. The van der Waals surface area contributed by atoms with E-state index in [0.717, 1.165) is 23.9 Å². The fraction of sp³-hybridized carbons (Fsp3) is 1.00. The molecular weight excluding hydrogens is 158 g/mol. The molecule has 2 unspecified atom stereocenters. The lowest BCUT2D eigenvalue weighted by molar-refractivity contribution is -0.0351. The van der Waals surface area contributed by atoms with Crippen molar-refractivity contribution in [3.05, 3.63) is 0 Å². The van der Waals surface area contributed by atoms with Gasteiger partial charge in [0.1, 0.15) is 0 Å². The van der Waals surface area contributed by atoms with E-state index in [1.165, 1.54) is 19.3 Å². The van der Waals surface area contributed by atoms with Crippen LogP contribution in [0.4, 0.5) is 0 Å². The van der Waals surface area contributed by atoms with Gasteiger partial charge in [-0.1, -0.05) is 13.8 Å². The summed E-state index contributed by atoms with van der Waals surface area (Å²) in [6.07, 6.45) is 7.66. The maximum Gasteiger partial charge on any atom is 0.0113 e. The van der Waals surface area contributed by atoms with Gasteiger partial charge in [-0.2, -0.15) is 0 Å². The molecule has 2 saturated carbocycles. The van der Waals surface area contributed by atoms with Crippen molar-refractivity contribution in [1.29, 1.82) is 0 Å². The van der Waals surface area contributed by atoms with Gasteiger partial charge in [-0.3, -0.25) is 0 Å². The quantitative estimate of drug-likeness (QED) is 0.601. The maximum atomic E-state index is 2.60. The Bertz CT molecular complexity index is 162. The van der Waals surface area contributed by atoms with Crippen LogP contribution in [0.25, 0.3) is 0 Å². The monoisotopic (exact) mass is 181 g/mol. The van der Waals surface area contributed by atoms with Gasteiger partial charge in [-0.25, -0.2) is 0 Å². The van der Waals surface area contributed by atoms with Gasteiger partial charge < -0.3 is 4.90 Å². The lowest BCUT2D eigenvalue weighted by Crippen LogP contribution is -2.58. The summed E-state index contributed by atoms with van der Waals surface area (Å²) in [6.45, 7) is 4.00. The molecule has 2 bridgehead atoms. The first kappa shape index (κ1) is 9.51. The molecule has 0 aromatic heterocycles. The Morgan fingerprint density at radius 3 is 1.77 bits per heavy atom. The first-order chi connectivity index (χ1) is 6.34. The third-order valence-corrected chi connectivity index (χ3v) is 4.13. The minimum atomic E-state index is 0.986. The molecule has 4 aliphatic rings. The second-order valence-corrected chi connectivity index (χ2v) is 4.78. The summed E-state index contributed by atoms with van der Waals surface area (Å²) in [5, 5.41) is 0. The Hall–Kier alpha value is -0.0400. The topological polar surface area (TPSA) is 3.24 Å². The summed E-state index contributed by atoms with van der Waals surface area (Å²) in [5.74, 6) is 2.30. The predicted octanol–water partition coefficient (Wildman–Crippen LogP) is 2.91. The lowest BCUT2D eigenvalue weighted by Gasteiger charge is -2.54. The maximum absolute atomic E-state index is 2.60. The molecule has 4 fully saturated rings. The zero-order chi connectivity index (χ0) is 9.42. The minimum absolute atomic E-state index is 0.986. The van der Waals surface area contributed by atoms with Crippen LogP contribution in [0.5, 0.6) is 0 Å². The largest absolute Gasteiger partial charge is 0.300 e. The molecule has 0 aromatic rings. The molecule has 76 valence electrons. The van der Waals surface area contributed by atoms with Crippen molar-refractivity contribution in [3.8, 4) is 0 Å². The van der Waals surface area contributed by atoms with Crippen LogP contribution in [0.3, 0.4) is 0 Å². The number of rotatable bonds is 1. The zero-order valence-electron chi connectivity index (χ0n) is 9.29. The smallest absolute Gasteiger partial charge is 0.0113 e. The fourth-order valence-electron chi connectivity index (χ4n) is 3.08. The fourth-order valence-corrected chi connectivity index (χ4v) is 3.08. The first-order valence-corrected chi connectivity index (χ1v) is 6.06. The van der Waals surface area contributed by atoms with Crippen molar-refractivity contribution in [2.24, 2.45) is 11.8 Å². The predicted molar refractivity (Wildman–Crippen MR) is 56.8 cm³/mol. The Balaban J connectivity index is 0.000000308. The van der Waals surface area contributed by atoms with Gasteiger partial charge in [0.05, 0.1) is 0 Å². The van der Waals surface area contributed by atoms with Gasteiger partial charge in [0.2, 0.25) is 0 Å². The van der Waals surface area contributed by atoms with E-state index in [-0.39, 0.29) is 0 Å². The van der Waals surface area contributed by atoms with Crippen LogP contribution < -0.4 is 0 Å². The Kier molecular flexibility index (Phi) is 2.64. The molecule has 0 N–H and O–H groups in total. The molecule has 0 radical (unpaired) electrons. The zero-order valence-corrected chi connectivity index (χ0v) is 9.29. The van der Waals surface area contributed by atoms with E-state index >= 15 is 0 Å². The molecular formula is C12H23N. The van der Waals surface area contributed by atoms with Crippen LogP contribution in [0.1, 0.15) is 46.0 Å². The van der Waals surface area contributed by atoms with Gasteiger partial charge in [0.25, 0.3) is 0 Å². The standard InChI is InChI=1S/C10H17N.C2H6/c1-11-9-4-8(7-2-3-7)5-10(11)6-9;1-2/h7-10H,2-6H2,1H3;1-2H3. The molecule has 2 aliphatic carbocycles. The van der Waals surface area contributed by atoms with E-state index in [0.29, 0.717) is 0 Å². The highest BCUT2D eigenvalue weighted by atomic mass is 15.2. The van der Waals surface area contributed by atoms with Crippen LogP contribution in [0.2, 0.25) is 0 Å². The second-order valence-electron chi connectivity index (χ2n) is 4.78. The van der Waals surface area contributed by atoms with Crippen molar-refractivity contribution >= 4 is 0 Å². The molecule has 2 saturated heterocycles. The van der Waals surface area contributed by atoms with E-state index in [4.69, 9.17) is 0 Å². The lowest BCUT2D eigenvalue weighted by atomic mass is 9.72. The molecule has 2 atom stereocenters. The third kappa shape index (κ3) is 1.63. The van der Waals surface area contributed by atoms with Gasteiger partial charge >= 0.3 is 0 Å². The van der Waals surface area contributed by atoms with Crippen molar-refractivity contribution in [1.82, 2.24) is 4.90 Å². The van der Waals surface area contributed by atoms with Crippen molar-refractivity contribution in [2.45, 2.75) is 58.0 Å². The van der Waals surface area contributed by atoms with E-state index in [9.17, 15) is 0 Å². The Morgan fingerprint density at radius 1 is 0.846 bits per heavy atom. The molecule has 0 amide bonds. The molecule has 13 heavy (non-hydrogen) atoms. The van der Waals surface area contributed by atoms with Crippen LogP contribution >= 0.6 is 0 Å². The van der Waals surface area contributed by atoms with Crippen LogP contribution in [-0.2, 0) is 0 Å². The second kappa shape index (κ2) is 3.61. The molecule has 2 aliphatic heterocycles. The van der Waals surface area contributed by atoms with Crippen molar-refractivity contribution < 1.29 is 0 Å². The summed E-state index contributed by atoms with van der Waals surface area (Å²) < 4.78 is 0. The van der Waals surface area contributed by atoms with E-state index in [2.05, 4.69) is 11.9 Å². The first-order valence-electron chi connectivity index (χ1n) is 6.06. The van der Waals surface area contributed by atoms with Crippen LogP contribution in [0.15, 0.2) is 0 Å². The van der Waals surface area contributed by atoms with E-state index < -0.39 is 0 Å². The highest BCUT2D eigenvalue weighted by Crippen LogP contribution is 2.49.